The summed E-state index contributed by atoms with van der Waals surface area (Å²) in [5.74, 6) is -0.568. The Bertz CT molecular complexity index is 596. The van der Waals surface area contributed by atoms with Gasteiger partial charge < -0.3 is 5.73 Å². The van der Waals surface area contributed by atoms with E-state index in [0.29, 0.717) is 22.7 Å². The highest BCUT2D eigenvalue weighted by Gasteiger charge is 2.11. The van der Waals surface area contributed by atoms with Gasteiger partial charge in [-0.25, -0.2) is 4.39 Å². The monoisotopic (exact) mass is 277 g/mol. The number of carbonyl (C=O) groups is 1. The summed E-state index contributed by atoms with van der Waals surface area (Å²) in [6.07, 6.45) is -0.00559. The third-order valence-electron chi connectivity index (χ3n) is 2.87. The summed E-state index contributed by atoms with van der Waals surface area (Å²) < 4.78 is 13.5. The average molecular weight is 278 g/mol. The van der Waals surface area contributed by atoms with E-state index in [1.807, 2.05) is 0 Å². The number of carbonyl (C=O) groups excluding carboxylic acids is 1. The minimum atomic E-state index is -0.420. The maximum Gasteiger partial charge on any atom is 0.167 e. The van der Waals surface area contributed by atoms with Crippen molar-refractivity contribution in [3.63, 3.8) is 0 Å². The van der Waals surface area contributed by atoms with E-state index in [9.17, 15) is 9.18 Å². The fourth-order valence-corrected chi connectivity index (χ4v) is 1.98. The molecule has 0 amide bonds. The van der Waals surface area contributed by atoms with Crippen LogP contribution < -0.4 is 5.73 Å². The average Bonchev–Trinajstić information content (AvgIpc) is 2.43. The van der Waals surface area contributed by atoms with E-state index in [4.69, 9.17) is 17.3 Å². The Labute approximate surface area is 116 Å². The lowest BCUT2D eigenvalue weighted by Crippen LogP contribution is -2.06. The molecule has 0 spiro atoms. The van der Waals surface area contributed by atoms with Crippen LogP contribution in [-0.2, 0) is 13.0 Å². The Morgan fingerprint density at radius 3 is 2.47 bits per heavy atom. The van der Waals surface area contributed by atoms with E-state index < -0.39 is 5.82 Å². The number of ketones is 1. The maximum absolute atomic E-state index is 13.5. The lowest BCUT2D eigenvalue weighted by Gasteiger charge is -2.04. The van der Waals surface area contributed by atoms with Crippen molar-refractivity contribution in [2.24, 2.45) is 5.73 Å². The van der Waals surface area contributed by atoms with Crippen molar-refractivity contribution in [3.05, 3.63) is 70.0 Å². The second-order valence-corrected chi connectivity index (χ2v) is 4.67. The third kappa shape index (κ3) is 3.40. The van der Waals surface area contributed by atoms with Crippen molar-refractivity contribution in [1.29, 1.82) is 0 Å². The van der Waals surface area contributed by atoms with Gasteiger partial charge in [0.2, 0.25) is 0 Å². The Morgan fingerprint density at radius 2 is 1.84 bits per heavy atom. The Balaban J connectivity index is 2.18. The molecule has 0 saturated heterocycles. The normalized spacial score (nSPS) is 10.5. The summed E-state index contributed by atoms with van der Waals surface area (Å²) in [7, 11) is 0. The molecule has 2 aromatic carbocycles. The molecule has 0 fully saturated rings. The quantitative estimate of drug-likeness (QED) is 0.871. The molecule has 2 N–H and O–H groups in total. The Kier molecular flexibility index (Phi) is 4.30. The highest BCUT2D eigenvalue weighted by molar-refractivity contribution is 6.30. The van der Waals surface area contributed by atoms with Crippen molar-refractivity contribution < 1.29 is 9.18 Å². The van der Waals surface area contributed by atoms with Gasteiger partial charge in [-0.2, -0.15) is 0 Å². The van der Waals surface area contributed by atoms with Gasteiger partial charge in [0, 0.05) is 23.6 Å². The topological polar surface area (TPSA) is 43.1 Å². The van der Waals surface area contributed by atoms with Crippen LogP contribution in [0.1, 0.15) is 21.5 Å². The minimum absolute atomic E-state index is 0.00559. The van der Waals surface area contributed by atoms with Crippen molar-refractivity contribution in [3.8, 4) is 0 Å². The summed E-state index contributed by atoms with van der Waals surface area (Å²) in [5.41, 5.74) is 7.28. The van der Waals surface area contributed by atoms with Gasteiger partial charge in [-0.15, -0.1) is 0 Å². The first kappa shape index (κ1) is 13.7. The zero-order chi connectivity index (χ0) is 13.8. The van der Waals surface area contributed by atoms with Gasteiger partial charge in [0.05, 0.1) is 0 Å². The molecule has 0 bridgehead atoms. The van der Waals surface area contributed by atoms with Gasteiger partial charge in [-0.3, -0.25) is 4.79 Å². The van der Waals surface area contributed by atoms with Crippen LogP contribution in [-0.4, -0.2) is 5.78 Å². The second kappa shape index (κ2) is 5.95. The van der Waals surface area contributed by atoms with Crippen LogP contribution in [0.4, 0.5) is 4.39 Å². The predicted molar refractivity (Wildman–Crippen MR) is 73.8 cm³/mol. The number of nitrogens with two attached hydrogens (primary N) is 1. The number of Topliss-reactive ketones (excluding diaryl/α,β-unsaturated/α-hetero) is 1. The highest BCUT2D eigenvalue weighted by atomic mass is 35.5. The summed E-state index contributed by atoms with van der Waals surface area (Å²) in [6.45, 7) is 0.428. The molecular weight excluding hydrogens is 265 g/mol. The molecule has 0 radical (unpaired) electrons. The van der Waals surface area contributed by atoms with Crippen LogP contribution in [0.15, 0.2) is 42.5 Å². The number of hydrogen-bond acceptors (Lipinski definition) is 2. The van der Waals surface area contributed by atoms with E-state index in [1.54, 1.807) is 24.3 Å². The van der Waals surface area contributed by atoms with E-state index in [0.717, 1.165) is 5.56 Å². The van der Waals surface area contributed by atoms with Crippen LogP contribution >= 0.6 is 11.6 Å². The lowest BCUT2D eigenvalue weighted by atomic mass is 10.0. The fourth-order valence-electron chi connectivity index (χ4n) is 1.78. The number of benzene rings is 2. The molecule has 0 heterocycles. The van der Waals surface area contributed by atoms with E-state index in [2.05, 4.69) is 0 Å². The van der Waals surface area contributed by atoms with Crippen LogP contribution in [0.3, 0.4) is 0 Å². The van der Waals surface area contributed by atoms with Crippen molar-refractivity contribution in [2.45, 2.75) is 13.0 Å². The first-order chi connectivity index (χ1) is 9.10. The number of hydrogen-bond donors (Lipinski definition) is 1. The Morgan fingerprint density at radius 1 is 1.16 bits per heavy atom. The Hall–Kier alpha value is -1.71. The number of rotatable bonds is 4. The zero-order valence-electron chi connectivity index (χ0n) is 10.2. The second-order valence-electron chi connectivity index (χ2n) is 4.24. The maximum atomic E-state index is 13.5. The summed E-state index contributed by atoms with van der Waals surface area (Å²) >= 11 is 5.79. The van der Waals surface area contributed by atoms with Crippen LogP contribution in [0.5, 0.6) is 0 Å². The summed E-state index contributed by atoms with van der Waals surface area (Å²) in [6, 6.07) is 11.2. The third-order valence-corrected chi connectivity index (χ3v) is 3.11. The van der Waals surface area contributed by atoms with Crippen LogP contribution in [0, 0.1) is 5.82 Å². The van der Waals surface area contributed by atoms with Crippen molar-refractivity contribution in [1.82, 2.24) is 0 Å². The molecule has 0 aromatic heterocycles. The van der Waals surface area contributed by atoms with E-state index in [1.165, 1.54) is 18.2 Å². The molecule has 0 saturated carbocycles. The van der Waals surface area contributed by atoms with Gasteiger partial charge in [0.15, 0.2) is 5.78 Å². The molecule has 0 aliphatic heterocycles. The highest BCUT2D eigenvalue weighted by Crippen LogP contribution is 2.17. The van der Waals surface area contributed by atoms with Crippen LogP contribution in [0.2, 0.25) is 5.02 Å². The predicted octanol–water partition coefficient (Wildman–Crippen LogP) is 3.36. The molecule has 2 rings (SSSR count). The van der Waals surface area contributed by atoms with Gasteiger partial charge in [0.25, 0.3) is 0 Å². The van der Waals surface area contributed by atoms with E-state index >= 15 is 0 Å². The van der Waals surface area contributed by atoms with Gasteiger partial charge in [0.1, 0.15) is 5.82 Å². The molecule has 2 nitrogen and oxygen atoms in total. The van der Waals surface area contributed by atoms with E-state index in [-0.39, 0.29) is 12.2 Å². The zero-order valence-corrected chi connectivity index (χ0v) is 11.0. The molecule has 0 unspecified atom stereocenters. The van der Waals surface area contributed by atoms with Crippen LogP contribution in [0.25, 0.3) is 0 Å². The number of halogens is 2. The van der Waals surface area contributed by atoms with Gasteiger partial charge in [-0.1, -0.05) is 35.9 Å². The molecular formula is C15H13ClFNO. The standard InChI is InChI=1S/C15H13ClFNO/c16-13-5-6-14(17)12(7-13)8-15(19)11-3-1-10(9-18)2-4-11/h1-7H,8-9,18H2. The summed E-state index contributed by atoms with van der Waals surface area (Å²) in [4.78, 5) is 12.0. The molecule has 0 atom stereocenters. The molecule has 98 valence electrons. The smallest absolute Gasteiger partial charge is 0.167 e. The SMILES string of the molecule is NCc1ccc(C(=O)Cc2cc(Cl)ccc2F)cc1. The molecule has 2 aromatic rings. The van der Waals surface area contributed by atoms with Gasteiger partial charge >= 0.3 is 0 Å². The first-order valence-electron chi connectivity index (χ1n) is 5.86. The first-order valence-corrected chi connectivity index (χ1v) is 6.24. The minimum Gasteiger partial charge on any atom is -0.326 e. The lowest BCUT2D eigenvalue weighted by molar-refractivity contribution is 0.0992. The molecule has 0 aliphatic rings. The van der Waals surface area contributed by atoms with Gasteiger partial charge in [-0.05, 0) is 29.3 Å². The molecule has 0 aliphatic carbocycles. The largest absolute Gasteiger partial charge is 0.326 e. The molecule has 4 heteroatoms. The van der Waals surface area contributed by atoms with Crippen molar-refractivity contribution in [2.75, 3.05) is 0 Å². The molecule has 19 heavy (non-hydrogen) atoms. The summed E-state index contributed by atoms with van der Waals surface area (Å²) in [5, 5.41) is 0.419. The van der Waals surface area contributed by atoms with Crippen molar-refractivity contribution >= 4 is 17.4 Å². The fraction of sp³-hybridized carbons (Fsp3) is 0.133.